The molecule has 2 aliphatic rings. The topological polar surface area (TPSA) is 46.6 Å². The predicted molar refractivity (Wildman–Crippen MR) is 87.8 cm³/mol. The van der Waals surface area contributed by atoms with Gasteiger partial charge < -0.3 is 14.8 Å². The molecule has 0 saturated carbocycles. The normalized spacial score (nSPS) is 18.8. The van der Waals surface area contributed by atoms with E-state index in [-0.39, 0.29) is 6.04 Å². The Labute approximate surface area is 136 Å². The summed E-state index contributed by atoms with van der Waals surface area (Å²) < 4.78 is 11.0. The van der Waals surface area contributed by atoms with Crippen molar-refractivity contribution in [2.24, 2.45) is 0 Å². The average molecular weight is 311 g/mol. The summed E-state index contributed by atoms with van der Waals surface area (Å²) in [5.41, 5.74) is 3.76. The van der Waals surface area contributed by atoms with Crippen LogP contribution in [0.1, 0.15) is 22.7 Å². The second-order valence-corrected chi connectivity index (χ2v) is 6.03. The van der Waals surface area contributed by atoms with Crippen molar-refractivity contribution in [3.63, 3.8) is 0 Å². The number of rotatable bonds is 3. The zero-order valence-electron chi connectivity index (χ0n) is 13.3. The smallest absolute Gasteiger partial charge is 0.231 e. The van der Waals surface area contributed by atoms with Crippen LogP contribution in [0.4, 0.5) is 0 Å². The molecule has 1 aromatic carbocycles. The molecule has 1 fully saturated rings. The third-order valence-corrected chi connectivity index (χ3v) is 4.59. The van der Waals surface area contributed by atoms with Crippen LogP contribution in [0.3, 0.4) is 0 Å². The summed E-state index contributed by atoms with van der Waals surface area (Å²) in [6.07, 6.45) is 3.82. The summed E-state index contributed by atoms with van der Waals surface area (Å²) in [4.78, 5) is 6.77. The Bertz CT molecular complexity index is 698. The highest BCUT2D eigenvalue weighted by molar-refractivity contribution is 5.47. The van der Waals surface area contributed by atoms with Gasteiger partial charge in [0.15, 0.2) is 11.5 Å². The molecule has 5 heteroatoms. The number of aromatic nitrogens is 1. The van der Waals surface area contributed by atoms with E-state index in [0.29, 0.717) is 6.79 Å². The Balaban J connectivity index is 1.77. The van der Waals surface area contributed by atoms with Gasteiger partial charge in [-0.3, -0.25) is 9.88 Å². The summed E-state index contributed by atoms with van der Waals surface area (Å²) >= 11 is 0. The first-order valence-electron chi connectivity index (χ1n) is 8.08. The number of piperazine rings is 1. The van der Waals surface area contributed by atoms with Gasteiger partial charge in [0.1, 0.15) is 0 Å². The Hall–Kier alpha value is -2.11. The van der Waals surface area contributed by atoms with Crippen molar-refractivity contribution in [1.29, 1.82) is 0 Å². The molecule has 1 atom stereocenters. The third kappa shape index (κ3) is 2.78. The van der Waals surface area contributed by atoms with Crippen LogP contribution < -0.4 is 14.8 Å². The third-order valence-electron chi connectivity index (χ3n) is 4.59. The van der Waals surface area contributed by atoms with Crippen LogP contribution >= 0.6 is 0 Å². The summed E-state index contributed by atoms with van der Waals surface area (Å²) in [6, 6.07) is 8.64. The summed E-state index contributed by atoms with van der Waals surface area (Å²) in [7, 11) is 0. The molecular formula is C18H21N3O2. The van der Waals surface area contributed by atoms with Gasteiger partial charge in [-0.1, -0.05) is 6.07 Å². The fourth-order valence-corrected chi connectivity index (χ4v) is 3.40. The maximum absolute atomic E-state index is 5.58. The van der Waals surface area contributed by atoms with Crippen molar-refractivity contribution >= 4 is 0 Å². The fraction of sp³-hybridized carbons (Fsp3) is 0.389. The van der Waals surface area contributed by atoms with Crippen molar-refractivity contribution in [3.8, 4) is 11.5 Å². The maximum Gasteiger partial charge on any atom is 0.231 e. The standard InChI is InChI=1S/C18H21N3O2/c1-13-11-20-5-4-15(13)18(21-8-6-19-7-9-21)14-2-3-16-17(10-14)23-12-22-16/h2-5,10-11,18-19H,6-9,12H2,1H3. The Morgan fingerprint density at radius 1 is 1.13 bits per heavy atom. The minimum atomic E-state index is 0.217. The lowest BCUT2D eigenvalue weighted by Crippen LogP contribution is -2.45. The highest BCUT2D eigenvalue weighted by Crippen LogP contribution is 2.38. The van der Waals surface area contributed by atoms with E-state index in [1.54, 1.807) is 0 Å². The number of nitrogens with one attached hydrogen (secondary N) is 1. The molecule has 1 N–H and O–H groups in total. The summed E-state index contributed by atoms with van der Waals surface area (Å²) in [6.45, 7) is 6.54. The van der Waals surface area contributed by atoms with Crippen LogP contribution in [-0.4, -0.2) is 42.9 Å². The van der Waals surface area contributed by atoms with E-state index in [0.717, 1.165) is 37.7 Å². The molecule has 0 aliphatic carbocycles. The van der Waals surface area contributed by atoms with Gasteiger partial charge in [0, 0.05) is 38.6 Å². The molecule has 0 radical (unpaired) electrons. The number of benzene rings is 1. The van der Waals surface area contributed by atoms with Crippen LogP contribution in [0.15, 0.2) is 36.7 Å². The first kappa shape index (κ1) is 14.5. The lowest BCUT2D eigenvalue weighted by atomic mass is 9.94. The Kier molecular flexibility index (Phi) is 3.89. The van der Waals surface area contributed by atoms with Crippen LogP contribution in [0.25, 0.3) is 0 Å². The Morgan fingerprint density at radius 2 is 1.96 bits per heavy atom. The van der Waals surface area contributed by atoms with E-state index >= 15 is 0 Å². The highest BCUT2D eigenvalue weighted by atomic mass is 16.7. The molecule has 3 heterocycles. The van der Waals surface area contributed by atoms with E-state index in [2.05, 4.69) is 40.3 Å². The molecule has 0 amide bonds. The monoisotopic (exact) mass is 311 g/mol. The van der Waals surface area contributed by atoms with Gasteiger partial charge in [-0.2, -0.15) is 0 Å². The van der Waals surface area contributed by atoms with Gasteiger partial charge >= 0.3 is 0 Å². The van der Waals surface area contributed by atoms with E-state index in [9.17, 15) is 0 Å². The van der Waals surface area contributed by atoms with Crippen molar-refractivity contribution in [1.82, 2.24) is 15.2 Å². The number of hydrogen-bond donors (Lipinski definition) is 1. The molecule has 23 heavy (non-hydrogen) atoms. The first-order chi connectivity index (χ1) is 11.3. The molecular weight excluding hydrogens is 290 g/mol. The molecule has 1 aromatic heterocycles. The van der Waals surface area contributed by atoms with Crippen LogP contribution in [0, 0.1) is 6.92 Å². The lowest BCUT2D eigenvalue weighted by Gasteiger charge is -2.36. The highest BCUT2D eigenvalue weighted by Gasteiger charge is 2.27. The van der Waals surface area contributed by atoms with Crippen molar-refractivity contribution in [2.45, 2.75) is 13.0 Å². The van der Waals surface area contributed by atoms with E-state index < -0.39 is 0 Å². The molecule has 120 valence electrons. The fourth-order valence-electron chi connectivity index (χ4n) is 3.40. The van der Waals surface area contributed by atoms with Gasteiger partial charge in [-0.25, -0.2) is 0 Å². The molecule has 0 spiro atoms. The minimum absolute atomic E-state index is 0.217. The molecule has 5 nitrogen and oxygen atoms in total. The zero-order chi connectivity index (χ0) is 15.6. The number of pyridine rings is 1. The molecule has 2 aromatic rings. The van der Waals surface area contributed by atoms with Gasteiger partial charge in [0.25, 0.3) is 0 Å². The second kappa shape index (κ2) is 6.18. The molecule has 0 bridgehead atoms. The van der Waals surface area contributed by atoms with Gasteiger partial charge in [-0.15, -0.1) is 0 Å². The van der Waals surface area contributed by atoms with Gasteiger partial charge in [0.2, 0.25) is 6.79 Å². The van der Waals surface area contributed by atoms with E-state index in [1.807, 2.05) is 18.5 Å². The van der Waals surface area contributed by atoms with E-state index in [1.165, 1.54) is 16.7 Å². The van der Waals surface area contributed by atoms with E-state index in [4.69, 9.17) is 9.47 Å². The second-order valence-electron chi connectivity index (χ2n) is 6.03. The molecule has 2 aliphatic heterocycles. The molecule has 4 rings (SSSR count). The summed E-state index contributed by atoms with van der Waals surface area (Å²) in [5.74, 6) is 1.67. The van der Waals surface area contributed by atoms with Crippen LogP contribution in [0.5, 0.6) is 11.5 Å². The van der Waals surface area contributed by atoms with Crippen LogP contribution in [0.2, 0.25) is 0 Å². The van der Waals surface area contributed by atoms with Crippen molar-refractivity contribution < 1.29 is 9.47 Å². The SMILES string of the molecule is Cc1cnccc1C(c1ccc2c(c1)OCO2)N1CCNCC1. The first-order valence-corrected chi connectivity index (χ1v) is 8.08. The number of aryl methyl sites for hydroxylation is 1. The van der Waals surface area contributed by atoms with Crippen LogP contribution in [-0.2, 0) is 0 Å². The quantitative estimate of drug-likeness (QED) is 0.941. The predicted octanol–water partition coefficient (Wildman–Crippen LogP) is 2.11. The van der Waals surface area contributed by atoms with Gasteiger partial charge in [-0.05, 0) is 41.8 Å². The number of fused-ring (bicyclic) bond motifs is 1. The van der Waals surface area contributed by atoms with Crippen molar-refractivity contribution in [2.75, 3.05) is 33.0 Å². The lowest BCUT2D eigenvalue weighted by molar-refractivity contribution is 0.173. The van der Waals surface area contributed by atoms with Crippen molar-refractivity contribution in [3.05, 3.63) is 53.3 Å². The minimum Gasteiger partial charge on any atom is -0.454 e. The summed E-state index contributed by atoms with van der Waals surface area (Å²) in [5, 5.41) is 3.43. The maximum atomic E-state index is 5.58. The number of nitrogens with zero attached hydrogens (tertiary/aromatic N) is 2. The largest absolute Gasteiger partial charge is 0.454 e. The average Bonchev–Trinajstić information content (AvgIpc) is 3.06. The molecule has 1 unspecified atom stereocenters. The Morgan fingerprint density at radius 3 is 2.78 bits per heavy atom. The van der Waals surface area contributed by atoms with Gasteiger partial charge in [0.05, 0.1) is 6.04 Å². The molecule has 1 saturated heterocycles. The zero-order valence-corrected chi connectivity index (χ0v) is 13.3. The number of ether oxygens (including phenoxy) is 2. The number of hydrogen-bond acceptors (Lipinski definition) is 5.